The number of hydrogen-bond donors (Lipinski definition) is 1. The van der Waals surface area contributed by atoms with Crippen molar-refractivity contribution in [3.63, 3.8) is 0 Å². The Morgan fingerprint density at radius 1 is 1.50 bits per heavy atom. The zero-order valence-electron chi connectivity index (χ0n) is 10.4. The summed E-state index contributed by atoms with van der Waals surface area (Å²) >= 11 is 4.04. The van der Waals surface area contributed by atoms with Crippen molar-refractivity contribution >= 4 is 23.1 Å². The summed E-state index contributed by atoms with van der Waals surface area (Å²) in [7, 11) is 0. The second-order valence-corrected chi connectivity index (χ2v) is 7.50. The van der Waals surface area contributed by atoms with Crippen LogP contribution in [0.1, 0.15) is 41.1 Å². The van der Waals surface area contributed by atoms with Crippen LogP contribution in [0, 0.1) is 13.8 Å². The first-order valence-corrected chi connectivity index (χ1v) is 7.95. The normalized spacial score (nSPS) is 22.6. The lowest BCUT2D eigenvalue weighted by atomic mass is 10.1. The largest absolute Gasteiger partial charge is 0.309 e. The maximum atomic E-state index is 3.68. The lowest BCUT2D eigenvalue weighted by molar-refractivity contribution is 0.559. The Morgan fingerprint density at radius 3 is 2.88 bits per heavy atom. The SMILES string of the molecule is Cc1cc(C(C)NCC2CCCS2)c(C)s1. The Kier molecular flexibility index (Phi) is 4.34. The molecule has 2 atom stereocenters. The standard InChI is InChI=1S/C13H21NS2/c1-9-7-13(11(3)16-9)10(2)14-8-12-5-4-6-15-12/h7,10,12,14H,4-6,8H2,1-3H3. The minimum atomic E-state index is 0.506. The molecule has 0 radical (unpaired) electrons. The molecule has 1 aromatic heterocycles. The van der Waals surface area contributed by atoms with Gasteiger partial charge in [0.2, 0.25) is 0 Å². The van der Waals surface area contributed by atoms with Crippen LogP contribution in [0.5, 0.6) is 0 Å². The molecule has 3 heteroatoms. The van der Waals surface area contributed by atoms with Crippen molar-refractivity contribution in [3.05, 3.63) is 21.4 Å². The molecule has 1 nitrogen and oxygen atoms in total. The molecule has 0 aromatic carbocycles. The van der Waals surface area contributed by atoms with Crippen molar-refractivity contribution < 1.29 is 0 Å². The molecule has 0 aliphatic carbocycles. The minimum Gasteiger partial charge on any atom is -0.309 e. The van der Waals surface area contributed by atoms with E-state index < -0.39 is 0 Å². The molecule has 1 aromatic rings. The van der Waals surface area contributed by atoms with E-state index in [0.29, 0.717) is 6.04 Å². The molecule has 1 saturated heterocycles. The van der Waals surface area contributed by atoms with Gasteiger partial charge in [-0.15, -0.1) is 11.3 Å². The highest BCUT2D eigenvalue weighted by Crippen LogP contribution is 2.28. The van der Waals surface area contributed by atoms with E-state index in [9.17, 15) is 0 Å². The third kappa shape index (κ3) is 3.02. The Morgan fingerprint density at radius 2 is 2.31 bits per heavy atom. The van der Waals surface area contributed by atoms with E-state index in [2.05, 4.69) is 43.9 Å². The highest BCUT2D eigenvalue weighted by Gasteiger charge is 2.17. The van der Waals surface area contributed by atoms with Crippen LogP contribution in [0.3, 0.4) is 0 Å². The molecule has 2 unspecified atom stereocenters. The average Bonchev–Trinajstić information content (AvgIpc) is 2.84. The van der Waals surface area contributed by atoms with Crippen LogP contribution >= 0.6 is 23.1 Å². The van der Waals surface area contributed by atoms with E-state index in [1.165, 1.54) is 40.5 Å². The van der Waals surface area contributed by atoms with Crippen LogP contribution in [0.4, 0.5) is 0 Å². The van der Waals surface area contributed by atoms with Crippen LogP contribution in [0.2, 0.25) is 0 Å². The van der Waals surface area contributed by atoms with Gasteiger partial charge < -0.3 is 5.32 Å². The molecular weight excluding hydrogens is 234 g/mol. The van der Waals surface area contributed by atoms with E-state index in [1.807, 2.05) is 11.3 Å². The predicted octanol–water partition coefficient (Wildman–Crippen LogP) is 3.91. The van der Waals surface area contributed by atoms with Gasteiger partial charge in [0.1, 0.15) is 0 Å². The number of hydrogen-bond acceptors (Lipinski definition) is 3. The molecule has 2 heterocycles. The first-order valence-electron chi connectivity index (χ1n) is 6.08. The van der Waals surface area contributed by atoms with Gasteiger partial charge in [-0.25, -0.2) is 0 Å². The maximum Gasteiger partial charge on any atom is 0.0303 e. The second kappa shape index (κ2) is 5.56. The predicted molar refractivity (Wildman–Crippen MR) is 75.7 cm³/mol. The summed E-state index contributed by atoms with van der Waals surface area (Å²) in [6, 6.07) is 2.84. The van der Waals surface area contributed by atoms with Gasteiger partial charge in [0.15, 0.2) is 0 Å². The van der Waals surface area contributed by atoms with Crippen LogP contribution in [-0.2, 0) is 0 Å². The van der Waals surface area contributed by atoms with Gasteiger partial charge in [-0.3, -0.25) is 0 Å². The molecule has 0 bridgehead atoms. The summed E-state index contributed by atoms with van der Waals surface area (Å²) in [5.41, 5.74) is 1.49. The van der Waals surface area contributed by atoms with E-state index in [-0.39, 0.29) is 0 Å². The Balaban J connectivity index is 1.87. The summed E-state index contributed by atoms with van der Waals surface area (Å²) in [4.78, 5) is 2.90. The van der Waals surface area contributed by atoms with Crippen molar-refractivity contribution in [1.29, 1.82) is 0 Å². The molecule has 1 aliphatic rings. The third-order valence-corrected chi connectivity index (χ3v) is 5.60. The fraction of sp³-hybridized carbons (Fsp3) is 0.692. The number of rotatable bonds is 4. The fourth-order valence-corrected chi connectivity index (χ4v) is 4.54. The summed E-state index contributed by atoms with van der Waals surface area (Å²) in [6.45, 7) is 7.88. The quantitative estimate of drug-likeness (QED) is 0.875. The number of aryl methyl sites for hydroxylation is 2. The van der Waals surface area contributed by atoms with Crippen molar-refractivity contribution in [2.75, 3.05) is 12.3 Å². The van der Waals surface area contributed by atoms with E-state index >= 15 is 0 Å². The smallest absolute Gasteiger partial charge is 0.0303 e. The second-order valence-electron chi connectivity index (χ2n) is 4.63. The van der Waals surface area contributed by atoms with Crippen molar-refractivity contribution in [2.45, 2.75) is 44.9 Å². The van der Waals surface area contributed by atoms with Gasteiger partial charge in [-0.2, -0.15) is 11.8 Å². The summed E-state index contributed by atoms with van der Waals surface area (Å²) in [6.07, 6.45) is 2.80. The molecule has 1 fully saturated rings. The van der Waals surface area contributed by atoms with Gasteiger partial charge in [0.05, 0.1) is 0 Å². The molecule has 0 spiro atoms. The number of nitrogens with one attached hydrogen (secondary N) is 1. The monoisotopic (exact) mass is 255 g/mol. The van der Waals surface area contributed by atoms with Crippen molar-refractivity contribution in [3.8, 4) is 0 Å². The molecule has 1 N–H and O–H groups in total. The zero-order valence-corrected chi connectivity index (χ0v) is 12.0. The minimum absolute atomic E-state index is 0.506. The van der Waals surface area contributed by atoms with Crippen LogP contribution in [0.25, 0.3) is 0 Å². The van der Waals surface area contributed by atoms with E-state index in [1.54, 1.807) is 0 Å². The Hall–Kier alpha value is 0.01000. The third-order valence-electron chi connectivity index (χ3n) is 3.22. The number of thiophene rings is 1. The van der Waals surface area contributed by atoms with Crippen molar-refractivity contribution in [1.82, 2.24) is 5.32 Å². The first-order chi connectivity index (χ1) is 7.66. The van der Waals surface area contributed by atoms with Gasteiger partial charge in [-0.1, -0.05) is 0 Å². The number of thioether (sulfide) groups is 1. The molecule has 2 rings (SSSR count). The zero-order chi connectivity index (χ0) is 11.5. The summed E-state index contributed by atoms with van der Waals surface area (Å²) in [5, 5.41) is 4.53. The lowest BCUT2D eigenvalue weighted by Crippen LogP contribution is -2.26. The molecule has 1 aliphatic heterocycles. The summed E-state index contributed by atoms with van der Waals surface area (Å²) < 4.78 is 0. The topological polar surface area (TPSA) is 12.0 Å². The van der Waals surface area contributed by atoms with Gasteiger partial charge >= 0.3 is 0 Å². The molecule has 90 valence electrons. The first kappa shape index (κ1) is 12.5. The van der Waals surface area contributed by atoms with Gasteiger partial charge in [0, 0.05) is 27.6 Å². The van der Waals surface area contributed by atoms with E-state index in [4.69, 9.17) is 0 Å². The van der Waals surface area contributed by atoms with Crippen LogP contribution in [0.15, 0.2) is 6.07 Å². The average molecular weight is 255 g/mol. The highest BCUT2D eigenvalue weighted by atomic mass is 32.2. The Labute approximate surface area is 107 Å². The molecule has 0 saturated carbocycles. The van der Waals surface area contributed by atoms with Crippen LogP contribution in [-0.4, -0.2) is 17.5 Å². The maximum absolute atomic E-state index is 3.68. The highest BCUT2D eigenvalue weighted by molar-refractivity contribution is 8.00. The van der Waals surface area contributed by atoms with Crippen molar-refractivity contribution in [2.24, 2.45) is 0 Å². The van der Waals surface area contributed by atoms with E-state index in [0.717, 1.165) is 5.25 Å². The van der Waals surface area contributed by atoms with Crippen LogP contribution < -0.4 is 5.32 Å². The molecule has 16 heavy (non-hydrogen) atoms. The summed E-state index contributed by atoms with van der Waals surface area (Å²) in [5.74, 6) is 1.36. The molecular formula is C13H21NS2. The Bertz CT molecular complexity index is 340. The fourth-order valence-electron chi connectivity index (χ4n) is 2.30. The lowest BCUT2D eigenvalue weighted by Gasteiger charge is -2.16. The van der Waals surface area contributed by atoms with Gasteiger partial charge in [0.25, 0.3) is 0 Å². The molecule has 0 amide bonds. The van der Waals surface area contributed by atoms with Gasteiger partial charge in [-0.05, 0) is 51.0 Å².